The Kier molecular flexibility index (Phi) is 4.04. The number of nitrogens with zero attached hydrogens (tertiary/aromatic N) is 1. The second kappa shape index (κ2) is 5.57. The molecular weight excluding hydrogens is 249 g/mol. The molecule has 5 heteroatoms. The van der Waals surface area contributed by atoms with E-state index in [4.69, 9.17) is 9.47 Å². The molecule has 1 heterocycles. The van der Waals surface area contributed by atoms with Gasteiger partial charge in [0.25, 0.3) is 5.91 Å². The monoisotopic (exact) mass is 267 g/mol. The molecule has 0 aliphatic carbocycles. The molecule has 0 saturated carbocycles. The third-order valence-electron chi connectivity index (χ3n) is 2.95. The molecule has 0 atom stereocenters. The van der Waals surface area contributed by atoms with Crippen LogP contribution in [0.3, 0.4) is 0 Å². The lowest BCUT2D eigenvalue weighted by molar-refractivity contribution is -0.147. The van der Waals surface area contributed by atoms with Crippen molar-refractivity contribution in [2.75, 3.05) is 26.3 Å². The third-order valence-corrected chi connectivity index (χ3v) is 2.95. The highest BCUT2D eigenvalue weighted by atomic mass is 19.1. The van der Waals surface area contributed by atoms with Crippen molar-refractivity contribution < 1.29 is 18.7 Å². The molecule has 1 amide bonds. The lowest BCUT2D eigenvalue weighted by Crippen LogP contribution is -2.51. The van der Waals surface area contributed by atoms with Crippen LogP contribution in [-0.2, 0) is 9.53 Å². The zero-order chi connectivity index (χ0) is 13.9. The molecule has 1 aliphatic rings. The van der Waals surface area contributed by atoms with Crippen molar-refractivity contribution in [2.45, 2.75) is 19.4 Å². The first-order valence-electron chi connectivity index (χ1n) is 6.26. The summed E-state index contributed by atoms with van der Waals surface area (Å²) in [6.07, 6.45) is 0. The normalized spacial score (nSPS) is 18.2. The standard InChI is InChI=1S/C14H18FNO3/c1-14(2)10-16(7-8-19-14)13(17)9-18-12-5-3-11(15)4-6-12/h3-6H,7-10H2,1-2H3. The molecular formula is C14H18FNO3. The number of carbonyl (C=O) groups is 1. The second-order valence-electron chi connectivity index (χ2n) is 5.17. The van der Waals surface area contributed by atoms with Gasteiger partial charge in [-0.1, -0.05) is 0 Å². The molecule has 19 heavy (non-hydrogen) atoms. The molecule has 1 aromatic rings. The van der Waals surface area contributed by atoms with Crippen molar-refractivity contribution in [3.05, 3.63) is 30.1 Å². The van der Waals surface area contributed by atoms with E-state index in [1.165, 1.54) is 24.3 Å². The number of hydrogen-bond donors (Lipinski definition) is 0. The fourth-order valence-electron chi connectivity index (χ4n) is 2.00. The largest absolute Gasteiger partial charge is 0.484 e. The molecule has 0 radical (unpaired) electrons. The van der Waals surface area contributed by atoms with Gasteiger partial charge in [-0.25, -0.2) is 4.39 Å². The average molecular weight is 267 g/mol. The highest BCUT2D eigenvalue weighted by Crippen LogP contribution is 2.17. The average Bonchev–Trinajstić information content (AvgIpc) is 2.36. The van der Waals surface area contributed by atoms with Crippen molar-refractivity contribution in [3.63, 3.8) is 0 Å². The van der Waals surface area contributed by atoms with Crippen LogP contribution < -0.4 is 4.74 Å². The van der Waals surface area contributed by atoms with E-state index in [1.54, 1.807) is 4.90 Å². The predicted octanol–water partition coefficient (Wildman–Crippen LogP) is 1.84. The third kappa shape index (κ3) is 3.92. The molecule has 4 nitrogen and oxygen atoms in total. The van der Waals surface area contributed by atoms with E-state index in [0.29, 0.717) is 25.4 Å². The molecule has 0 N–H and O–H groups in total. The first-order valence-corrected chi connectivity index (χ1v) is 6.26. The summed E-state index contributed by atoms with van der Waals surface area (Å²) in [5, 5.41) is 0. The molecule has 0 unspecified atom stereocenters. The Morgan fingerprint density at radius 3 is 2.74 bits per heavy atom. The van der Waals surface area contributed by atoms with Gasteiger partial charge < -0.3 is 14.4 Å². The summed E-state index contributed by atoms with van der Waals surface area (Å²) < 4.78 is 23.6. The van der Waals surface area contributed by atoms with Gasteiger partial charge in [0.1, 0.15) is 11.6 Å². The number of benzene rings is 1. The number of morpholine rings is 1. The number of halogens is 1. The molecule has 0 bridgehead atoms. The van der Waals surface area contributed by atoms with Crippen molar-refractivity contribution in [2.24, 2.45) is 0 Å². The van der Waals surface area contributed by atoms with Gasteiger partial charge in [0.05, 0.1) is 12.2 Å². The number of hydrogen-bond acceptors (Lipinski definition) is 3. The Hall–Kier alpha value is -1.62. The minimum atomic E-state index is -0.325. The van der Waals surface area contributed by atoms with E-state index in [1.807, 2.05) is 13.8 Å². The van der Waals surface area contributed by atoms with Gasteiger partial charge in [0.2, 0.25) is 0 Å². The lowest BCUT2D eigenvalue weighted by atomic mass is 10.1. The van der Waals surface area contributed by atoms with Gasteiger partial charge in [-0.15, -0.1) is 0 Å². The first-order chi connectivity index (χ1) is 8.96. The molecule has 1 fully saturated rings. The van der Waals surface area contributed by atoms with Gasteiger partial charge in [0, 0.05) is 13.1 Å². The van der Waals surface area contributed by atoms with Crippen molar-refractivity contribution >= 4 is 5.91 Å². The maximum Gasteiger partial charge on any atom is 0.260 e. The quantitative estimate of drug-likeness (QED) is 0.839. The number of carbonyl (C=O) groups excluding carboxylic acids is 1. The van der Waals surface area contributed by atoms with Gasteiger partial charge in [-0.3, -0.25) is 4.79 Å². The zero-order valence-electron chi connectivity index (χ0n) is 11.2. The van der Waals surface area contributed by atoms with Gasteiger partial charge >= 0.3 is 0 Å². The maximum atomic E-state index is 12.7. The summed E-state index contributed by atoms with van der Waals surface area (Å²) in [6.45, 7) is 5.53. The molecule has 0 spiro atoms. The fraction of sp³-hybridized carbons (Fsp3) is 0.500. The first kappa shape index (κ1) is 13.8. The minimum Gasteiger partial charge on any atom is -0.484 e. The smallest absolute Gasteiger partial charge is 0.260 e. The summed E-state index contributed by atoms with van der Waals surface area (Å²) in [6, 6.07) is 5.62. The van der Waals surface area contributed by atoms with Crippen LogP contribution in [0.2, 0.25) is 0 Å². The highest BCUT2D eigenvalue weighted by molar-refractivity contribution is 5.78. The second-order valence-corrected chi connectivity index (χ2v) is 5.17. The van der Waals surface area contributed by atoms with E-state index >= 15 is 0 Å². The van der Waals surface area contributed by atoms with E-state index in [-0.39, 0.29) is 23.9 Å². The number of amides is 1. The molecule has 1 aliphatic heterocycles. The van der Waals surface area contributed by atoms with Crippen LogP contribution in [0.25, 0.3) is 0 Å². The van der Waals surface area contributed by atoms with Crippen LogP contribution in [0.4, 0.5) is 4.39 Å². The summed E-state index contributed by atoms with van der Waals surface area (Å²) in [5.74, 6) is 0.0802. The van der Waals surface area contributed by atoms with Gasteiger partial charge in [-0.05, 0) is 38.1 Å². The summed E-state index contributed by atoms with van der Waals surface area (Å²) >= 11 is 0. The Balaban J connectivity index is 1.85. The van der Waals surface area contributed by atoms with Crippen LogP contribution in [0.15, 0.2) is 24.3 Å². The number of ether oxygens (including phenoxy) is 2. The van der Waals surface area contributed by atoms with Crippen LogP contribution in [0, 0.1) is 5.82 Å². The van der Waals surface area contributed by atoms with Crippen LogP contribution in [0.5, 0.6) is 5.75 Å². The highest BCUT2D eigenvalue weighted by Gasteiger charge is 2.29. The molecule has 0 aromatic heterocycles. The predicted molar refractivity (Wildman–Crippen MR) is 68.5 cm³/mol. The Morgan fingerprint density at radius 1 is 1.42 bits per heavy atom. The fourth-order valence-corrected chi connectivity index (χ4v) is 2.00. The molecule has 104 valence electrons. The van der Waals surface area contributed by atoms with Crippen molar-refractivity contribution in [1.82, 2.24) is 4.90 Å². The van der Waals surface area contributed by atoms with Crippen LogP contribution >= 0.6 is 0 Å². The van der Waals surface area contributed by atoms with Crippen molar-refractivity contribution in [3.8, 4) is 5.75 Å². The maximum absolute atomic E-state index is 12.7. The molecule has 1 aromatic carbocycles. The summed E-state index contributed by atoms with van der Waals surface area (Å²) in [4.78, 5) is 13.7. The minimum absolute atomic E-state index is 0.0400. The summed E-state index contributed by atoms with van der Waals surface area (Å²) in [7, 11) is 0. The number of rotatable bonds is 3. The van der Waals surface area contributed by atoms with Crippen LogP contribution in [-0.4, -0.2) is 42.7 Å². The van der Waals surface area contributed by atoms with Crippen LogP contribution in [0.1, 0.15) is 13.8 Å². The summed E-state index contributed by atoms with van der Waals surface area (Å²) in [5.41, 5.74) is -0.316. The van der Waals surface area contributed by atoms with E-state index < -0.39 is 0 Å². The Labute approximate surface area is 112 Å². The van der Waals surface area contributed by atoms with Gasteiger partial charge in [0.15, 0.2) is 6.61 Å². The topological polar surface area (TPSA) is 38.8 Å². The van der Waals surface area contributed by atoms with Gasteiger partial charge in [-0.2, -0.15) is 0 Å². The van der Waals surface area contributed by atoms with E-state index in [9.17, 15) is 9.18 Å². The molecule has 1 saturated heterocycles. The lowest BCUT2D eigenvalue weighted by Gasteiger charge is -2.38. The molecule has 2 rings (SSSR count). The van der Waals surface area contributed by atoms with Crippen molar-refractivity contribution in [1.29, 1.82) is 0 Å². The Morgan fingerprint density at radius 2 is 2.11 bits per heavy atom. The van der Waals surface area contributed by atoms with E-state index in [2.05, 4.69) is 0 Å². The SMILES string of the molecule is CC1(C)CN(C(=O)COc2ccc(F)cc2)CCO1. The Bertz CT molecular complexity index is 445. The zero-order valence-corrected chi connectivity index (χ0v) is 11.2. The van der Waals surface area contributed by atoms with E-state index in [0.717, 1.165) is 0 Å².